The van der Waals surface area contributed by atoms with Crippen LogP contribution in [-0.2, 0) is 23.2 Å². The van der Waals surface area contributed by atoms with Gasteiger partial charge in [0.15, 0.2) is 0 Å². The third-order valence-electron chi connectivity index (χ3n) is 5.95. The minimum Gasteiger partial charge on any atom is -1.00 e. The summed E-state index contributed by atoms with van der Waals surface area (Å²) >= 11 is -0.936. The Morgan fingerprint density at radius 2 is 0.903 bits per heavy atom. The van der Waals surface area contributed by atoms with Gasteiger partial charge in [-0.15, -0.1) is 0 Å². The number of benzene rings is 2. The SMILES string of the molecule is C1=C(n2cccc2)[CH]([Zr+2][CH]2C(n3cccc3)=Cc3ccccc32)c2ccccc21.[Cl-].[Cl-]. The van der Waals surface area contributed by atoms with Crippen LogP contribution in [0.15, 0.2) is 97.6 Å². The molecule has 2 aromatic heterocycles. The summed E-state index contributed by atoms with van der Waals surface area (Å²) < 4.78 is 5.73. The summed E-state index contributed by atoms with van der Waals surface area (Å²) in [5, 5.41) is 0. The standard InChI is InChI=1S/2C13H10N.2ClH.Zr/c2*1-2-6-12-10-13(9-11(12)5-1)14-7-3-4-8-14;;;/h2*1-10H;2*1H;/q;;;;+2/p-2. The van der Waals surface area contributed by atoms with Crippen molar-refractivity contribution in [2.75, 3.05) is 0 Å². The van der Waals surface area contributed by atoms with E-state index in [1.165, 1.54) is 33.6 Å². The molecule has 0 saturated heterocycles. The van der Waals surface area contributed by atoms with Crippen molar-refractivity contribution < 1.29 is 48.0 Å². The maximum Gasteiger partial charge on any atom is -1.00 e. The molecule has 2 aliphatic carbocycles. The van der Waals surface area contributed by atoms with E-state index in [0.717, 1.165) is 0 Å². The summed E-state index contributed by atoms with van der Waals surface area (Å²) in [5.41, 5.74) is 8.69. The van der Waals surface area contributed by atoms with Gasteiger partial charge >= 0.3 is 183 Å². The largest absolute Gasteiger partial charge is 1.00 e. The predicted octanol–water partition coefficient (Wildman–Crippen LogP) is 0.186. The first-order valence-electron chi connectivity index (χ1n) is 10.0. The Labute approximate surface area is 206 Å². The zero-order valence-electron chi connectivity index (χ0n) is 16.7. The predicted molar refractivity (Wildman–Crippen MR) is 116 cm³/mol. The van der Waals surface area contributed by atoms with Crippen molar-refractivity contribution in [1.29, 1.82) is 0 Å². The molecule has 2 heterocycles. The third-order valence-corrected chi connectivity index (χ3v) is 10.6. The fourth-order valence-corrected chi connectivity index (χ4v) is 9.57. The Morgan fingerprint density at radius 3 is 1.32 bits per heavy atom. The fraction of sp³-hybridized carbons (Fsp3) is 0.0769. The minimum atomic E-state index is -0.936. The molecule has 5 heteroatoms. The van der Waals surface area contributed by atoms with Gasteiger partial charge in [-0.25, -0.2) is 0 Å². The van der Waals surface area contributed by atoms with Crippen LogP contribution in [0.3, 0.4) is 0 Å². The Hall–Kier alpha value is -2.06. The Morgan fingerprint density at radius 1 is 0.516 bits per heavy atom. The molecular weight excluding hydrogens is 502 g/mol. The Bertz CT molecular complexity index is 1140. The zero-order chi connectivity index (χ0) is 19.2. The van der Waals surface area contributed by atoms with Crippen LogP contribution in [0.1, 0.15) is 29.5 Å². The number of aromatic nitrogens is 2. The first-order chi connectivity index (χ1) is 14.4. The van der Waals surface area contributed by atoms with Crippen LogP contribution >= 0.6 is 0 Å². The number of allylic oxidation sites excluding steroid dienone is 2. The number of nitrogens with zero attached hydrogens (tertiary/aromatic N) is 2. The van der Waals surface area contributed by atoms with E-state index in [2.05, 4.69) is 119 Å². The van der Waals surface area contributed by atoms with Gasteiger partial charge in [0.25, 0.3) is 0 Å². The van der Waals surface area contributed by atoms with Crippen LogP contribution in [0, 0.1) is 0 Å². The average molecular weight is 523 g/mol. The van der Waals surface area contributed by atoms with E-state index < -0.39 is 23.2 Å². The normalized spacial score (nSPS) is 18.1. The average Bonchev–Trinajstić information content (AvgIpc) is 3.55. The van der Waals surface area contributed by atoms with Crippen molar-refractivity contribution in [1.82, 2.24) is 9.13 Å². The fourth-order valence-electron chi connectivity index (χ4n) is 4.59. The molecule has 4 aromatic rings. The van der Waals surface area contributed by atoms with Crippen molar-refractivity contribution in [3.05, 3.63) is 120 Å². The van der Waals surface area contributed by atoms with E-state index in [-0.39, 0.29) is 24.8 Å². The number of rotatable bonds is 4. The van der Waals surface area contributed by atoms with E-state index in [4.69, 9.17) is 0 Å². The second-order valence-corrected chi connectivity index (χ2v) is 11.3. The van der Waals surface area contributed by atoms with Crippen LogP contribution in [0.5, 0.6) is 0 Å². The van der Waals surface area contributed by atoms with E-state index in [9.17, 15) is 0 Å². The molecule has 6 rings (SSSR count). The van der Waals surface area contributed by atoms with E-state index in [1.807, 2.05) is 0 Å². The van der Waals surface area contributed by atoms with Crippen LogP contribution < -0.4 is 24.8 Å². The summed E-state index contributed by atoms with van der Waals surface area (Å²) in [6.45, 7) is 0. The zero-order valence-corrected chi connectivity index (χ0v) is 20.7. The van der Waals surface area contributed by atoms with Gasteiger partial charge in [-0.2, -0.15) is 0 Å². The molecular formula is C26H20Cl2N2Zr. The van der Waals surface area contributed by atoms with Gasteiger partial charge in [0.1, 0.15) is 0 Å². The Kier molecular flexibility index (Phi) is 6.58. The Balaban J connectivity index is 0.00000116. The monoisotopic (exact) mass is 520 g/mol. The van der Waals surface area contributed by atoms with Crippen molar-refractivity contribution in [2.45, 2.75) is 7.25 Å². The molecule has 31 heavy (non-hydrogen) atoms. The molecule has 0 N–H and O–H groups in total. The smallest absolute Gasteiger partial charge is 1.00 e. The molecule has 0 radical (unpaired) electrons. The van der Waals surface area contributed by atoms with Crippen LogP contribution in [-0.4, -0.2) is 9.13 Å². The van der Waals surface area contributed by atoms with Gasteiger partial charge in [0, 0.05) is 0 Å². The summed E-state index contributed by atoms with van der Waals surface area (Å²) in [5.74, 6) is 0. The maximum absolute atomic E-state index is 2.40. The molecule has 0 fully saturated rings. The number of fused-ring (bicyclic) bond motifs is 2. The molecule has 0 saturated carbocycles. The first-order valence-corrected chi connectivity index (χ1v) is 12.9. The quantitative estimate of drug-likeness (QED) is 0.362. The van der Waals surface area contributed by atoms with Gasteiger partial charge < -0.3 is 24.8 Å². The molecule has 0 bridgehead atoms. The second-order valence-electron chi connectivity index (χ2n) is 7.61. The van der Waals surface area contributed by atoms with Gasteiger partial charge in [-0.1, -0.05) is 0 Å². The van der Waals surface area contributed by atoms with Crippen molar-refractivity contribution in [3.8, 4) is 0 Å². The molecule has 0 spiro atoms. The molecule has 0 amide bonds. The number of hydrogen-bond acceptors (Lipinski definition) is 0. The number of hydrogen-bond donors (Lipinski definition) is 0. The van der Waals surface area contributed by atoms with E-state index in [0.29, 0.717) is 7.25 Å². The molecule has 2 nitrogen and oxygen atoms in total. The third kappa shape index (κ3) is 3.84. The van der Waals surface area contributed by atoms with Gasteiger partial charge in [-0.05, 0) is 0 Å². The van der Waals surface area contributed by atoms with Gasteiger partial charge in [0.05, 0.1) is 0 Å². The maximum atomic E-state index is 2.40. The van der Waals surface area contributed by atoms with Gasteiger partial charge in [-0.3, -0.25) is 0 Å². The minimum absolute atomic E-state index is 0. The van der Waals surface area contributed by atoms with E-state index in [1.54, 1.807) is 0 Å². The first kappa shape index (κ1) is 22.1. The molecule has 2 atom stereocenters. The van der Waals surface area contributed by atoms with Gasteiger partial charge in [0.2, 0.25) is 0 Å². The summed E-state index contributed by atoms with van der Waals surface area (Å²) in [6.07, 6.45) is 13.6. The van der Waals surface area contributed by atoms with Crippen molar-refractivity contribution >= 4 is 23.5 Å². The molecule has 0 aliphatic heterocycles. The topological polar surface area (TPSA) is 9.86 Å². The van der Waals surface area contributed by atoms with E-state index >= 15 is 0 Å². The molecule has 2 aliphatic rings. The second kappa shape index (κ2) is 9.21. The van der Waals surface area contributed by atoms with Crippen molar-refractivity contribution in [2.24, 2.45) is 0 Å². The van der Waals surface area contributed by atoms with Crippen molar-refractivity contribution in [3.63, 3.8) is 0 Å². The molecule has 2 unspecified atom stereocenters. The van der Waals surface area contributed by atoms with Crippen LogP contribution in [0.4, 0.5) is 0 Å². The molecule has 2 aromatic carbocycles. The number of halogens is 2. The summed E-state index contributed by atoms with van der Waals surface area (Å²) in [7, 11) is 0. The summed E-state index contributed by atoms with van der Waals surface area (Å²) in [6, 6.07) is 26.4. The summed E-state index contributed by atoms with van der Waals surface area (Å²) in [4.78, 5) is 0. The van der Waals surface area contributed by atoms with Crippen LogP contribution in [0.25, 0.3) is 23.5 Å². The van der Waals surface area contributed by atoms with Crippen LogP contribution in [0.2, 0.25) is 0 Å². The molecule has 152 valence electrons.